The molecule has 2 aliphatic rings. The molecule has 190 valence electrons. The van der Waals surface area contributed by atoms with Crippen molar-refractivity contribution in [2.45, 2.75) is 44.2 Å². The Hall–Kier alpha value is -2.53. The van der Waals surface area contributed by atoms with Gasteiger partial charge in [-0.05, 0) is 61.5 Å². The van der Waals surface area contributed by atoms with Gasteiger partial charge in [-0.3, -0.25) is 0 Å². The molecule has 3 heterocycles. The van der Waals surface area contributed by atoms with E-state index in [4.69, 9.17) is 17.0 Å². The van der Waals surface area contributed by atoms with Gasteiger partial charge in [-0.15, -0.1) is 0 Å². The molecule has 2 aliphatic heterocycles. The number of ether oxygens (including phenoxy) is 1. The second-order valence-electron chi connectivity index (χ2n) is 9.33. The molecule has 0 saturated carbocycles. The molecule has 11 heteroatoms. The Kier molecular flexibility index (Phi) is 7.75. The maximum atomic E-state index is 13.6. The molecule has 2 aromatic rings. The fourth-order valence-electron chi connectivity index (χ4n) is 4.72. The van der Waals surface area contributed by atoms with Crippen LogP contribution >= 0.6 is 12.2 Å². The second-order valence-corrected chi connectivity index (χ2v) is 9.74. The first-order chi connectivity index (χ1) is 16.6. The fourth-order valence-corrected chi connectivity index (χ4v) is 4.89. The summed E-state index contributed by atoms with van der Waals surface area (Å²) in [5.74, 6) is 0.0841. The maximum Gasteiger partial charge on any atom is 0.433 e. The van der Waals surface area contributed by atoms with E-state index in [2.05, 4.69) is 27.5 Å². The minimum atomic E-state index is -4.61. The summed E-state index contributed by atoms with van der Waals surface area (Å²) in [5, 5.41) is 5.98. The van der Waals surface area contributed by atoms with Gasteiger partial charge < -0.3 is 20.3 Å². The van der Waals surface area contributed by atoms with Crippen molar-refractivity contribution in [1.29, 1.82) is 0 Å². The van der Waals surface area contributed by atoms with Gasteiger partial charge in [-0.25, -0.2) is 9.37 Å². The van der Waals surface area contributed by atoms with Gasteiger partial charge in [-0.2, -0.15) is 18.2 Å². The quantitative estimate of drug-likeness (QED) is 0.437. The van der Waals surface area contributed by atoms with Crippen molar-refractivity contribution in [3.05, 3.63) is 47.4 Å². The minimum absolute atomic E-state index is 0.121. The molecule has 4 rings (SSSR count). The summed E-state index contributed by atoms with van der Waals surface area (Å²) >= 11 is 5.39. The van der Waals surface area contributed by atoms with Crippen LogP contribution in [0.1, 0.15) is 43.9 Å². The molecule has 0 bridgehead atoms. The number of piperidine rings is 1. The Morgan fingerprint density at radius 3 is 2.57 bits per heavy atom. The molecule has 2 N–H and O–H groups in total. The number of alkyl halides is 3. The van der Waals surface area contributed by atoms with Crippen LogP contribution in [0.3, 0.4) is 0 Å². The summed E-state index contributed by atoms with van der Waals surface area (Å²) in [4.78, 5) is 9.87. The van der Waals surface area contributed by atoms with Gasteiger partial charge in [0.2, 0.25) is 5.95 Å². The lowest BCUT2D eigenvalue weighted by molar-refractivity contribution is -0.141. The van der Waals surface area contributed by atoms with Crippen molar-refractivity contribution < 1.29 is 22.3 Å². The van der Waals surface area contributed by atoms with Crippen LogP contribution in [0.4, 0.5) is 29.3 Å². The number of nitrogens with one attached hydrogen (secondary N) is 2. The number of aromatic nitrogens is 2. The highest BCUT2D eigenvalue weighted by Gasteiger charge is 2.36. The molecule has 0 unspecified atom stereocenters. The van der Waals surface area contributed by atoms with Crippen LogP contribution in [0.5, 0.6) is 0 Å². The Morgan fingerprint density at radius 1 is 1.20 bits per heavy atom. The van der Waals surface area contributed by atoms with Crippen molar-refractivity contribution in [2.24, 2.45) is 5.92 Å². The highest BCUT2D eigenvalue weighted by molar-refractivity contribution is 7.80. The highest BCUT2D eigenvalue weighted by atomic mass is 32.1. The van der Waals surface area contributed by atoms with Crippen molar-refractivity contribution >= 4 is 29.1 Å². The van der Waals surface area contributed by atoms with Crippen LogP contribution < -0.4 is 15.5 Å². The maximum absolute atomic E-state index is 13.6. The summed E-state index contributed by atoms with van der Waals surface area (Å²) in [5.41, 5.74) is -0.408. The molecule has 0 spiro atoms. The average Bonchev–Trinajstić information content (AvgIpc) is 2.83. The Morgan fingerprint density at radius 2 is 1.91 bits per heavy atom. The van der Waals surface area contributed by atoms with E-state index in [1.54, 1.807) is 12.1 Å². The van der Waals surface area contributed by atoms with E-state index in [0.29, 0.717) is 51.6 Å². The van der Waals surface area contributed by atoms with Crippen LogP contribution in [-0.4, -0.2) is 47.9 Å². The largest absolute Gasteiger partial charge is 0.433 e. The van der Waals surface area contributed by atoms with Crippen molar-refractivity contribution in [2.75, 3.05) is 43.1 Å². The van der Waals surface area contributed by atoms with E-state index in [1.165, 1.54) is 12.1 Å². The normalized spacial score (nSPS) is 20.4. The Bertz CT molecular complexity index is 1030. The molecule has 1 aromatic heterocycles. The van der Waals surface area contributed by atoms with Crippen molar-refractivity contribution in [3.8, 4) is 0 Å². The molecular formula is C24H29F4N5OS. The molecule has 2 fully saturated rings. The fraction of sp³-hybridized carbons (Fsp3) is 0.542. The summed E-state index contributed by atoms with van der Waals surface area (Å²) in [7, 11) is 0. The molecular weight excluding hydrogens is 482 g/mol. The standard InChI is InChI=1S/C24H29F4N5OS/c1-16-3-2-10-33(14-16)20-13-19(24(26,27)28)30-21(31-20)32-22(35)29-15-23(8-11-34-12-9-23)17-4-6-18(25)7-5-17/h4-7,13,16H,2-3,8-12,14-15H2,1H3,(H2,29,30,31,32,35)/t16-/m0/s1. The van der Waals surface area contributed by atoms with E-state index in [-0.39, 0.29) is 28.1 Å². The van der Waals surface area contributed by atoms with Gasteiger partial charge in [0.1, 0.15) is 11.6 Å². The molecule has 6 nitrogen and oxygen atoms in total. The molecule has 0 radical (unpaired) electrons. The molecule has 0 aliphatic carbocycles. The number of rotatable bonds is 5. The van der Waals surface area contributed by atoms with Crippen LogP contribution in [0.25, 0.3) is 0 Å². The summed E-state index contributed by atoms with van der Waals surface area (Å²) in [6.45, 7) is 4.86. The zero-order chi connectivity index (χ0) is 25.1. The van der Waals surface area contributed by atoms with E-state index in [9.17, 15) is 17.6 Å². The zero-order valence-electron chi connectivity index (χ0n) is 19.5. The van der Waals surface area contributed by atoms with Gasteiger partial charge >= 0.3 is 6.18 Å². The van der Waals surface area contributed by atoms with Gasteiger partial charge in [0, 0.05) is 44.3 Å². The van der Waals surface area contributed by atoms with Gasteiger partial charge in [-0.1, -0.05) is 19.1 Å². The second kappa shape index (κ2) is 10.6. The monoisotopic (exact) mass is 511 g/mol. The summed E-state index contributed by atoms with van der Waals surface area (Å²) in [6.07, 6.45) is -1.28. The summed E-state index contributed by atoms with van der Waals surface area (Å²) < 4.78 is 59.7. The number of hydrogen-bond acceptors (Lipinski definition) is 5. The Balaban J connectivity index is 1.50. The predicted octanol–water partition coefficient (Wildman–Crippen LogP) is 4.91. The number of hydrogen-bond donors (Lipinski definition) is 2. The Labute approximate surface area is 207 Å². The number of halogens is 4. The lowest BCUT2D eigenvalue weighted by Crippen LogP contribution is -2.45. The topological polar surface area (TPSA) is 62.3 Å². The van der Waals surface area contributed by atoms with Crippen LogP contribution in [0.15, 0.2) is 30.3 Å². The SMILES string of the molecule is C[C@H]1CCCN(c2cc(C(F)(F)F)nc(NC(=S)NCC3(c4ccc(F)cc4)CCOCC3)n2)C1. The van der Waals surface area contributed by atoms with E-state index in [0.717, 1.165) is 24.5 Å². The lowest BCUT2D eigenvalue weighted by atomic mass is 9.74. The third kappa shape index (κ3) is 6.38. The third-order valence-corrected chi connectivity index (χ3v) is 6.95. The van der Waals surface area contributed by atoms with Gasteiger partial charge in [0.15, 0.2) is 10.8 Å². The molecule has 2 saturated heterocycles. The van der Waals surface area contributed by atoms with Crippen LogP contribution in [-0.2, 0) is 16.3 Å². The minimum Gasteiger partial charge on any atom is -0.381 e. The number of benzene rings is 1. The molecule has 1 atom stereocenters. The van der Waals surface area contributed by atoms with Gasteiger partial charge in [0.05, 0.1) is 0 Å². The number of nitrogens with zero attached hydrogens (tertiary/aromatic N) is 3. The van der Waals surface area contributed by atoms with E-state index >= 15 is 0 Å². The lowest BCUT2D eigenvalue weighted by Gasteiger charge is -2.38. The zero-order valence-corrected chi connectivity index (χ0v) is 20.3. The summed E-state index contributed by atoms with van der Waals surface area (Å²) in [6, 6.07) is 7.33. The first kappa shape index (κ1) is 25.6. The van der Waals surface area contributed by atoms with Gasteiger partial charge in [0.25, 0.3) is 0 Å². The van der Waals surface area contributed by atoms with Crippen molar-refractivity contribution in [3.63, 3.8) is 0 Å². The predicted molar refractivity (Wildman–Crippen MR) is 130 cm³/mol. The van der Waals surface area contributed by atoms with E-state index < -0.39 is 11.9 Å². The molecule has 35 heavy (non-hydrogen) atoms. The van der Waals surface area contributed by atoms with Crippen molar-refractivity contribution in [1.82, 2.24) is 15.3 Å². The average molecular weight is 512 g/mol. The van der Waals surface area contributed by atoms with E-state index in [1.807, 2.05) is 4.90 Å². The molecule has 1 aromatic carbocycles. The third-order valence-electron chi connectivity index (χ3n) is 6.70. The van der Waals surface area contributed by atoms with Crippen LogP contribution in [0, 0.1) is 11.7 Å². The first-order valence-corrected chi connectivity index (χ1v) is 12.2. The van der Waals surface area contributed by atoms with Crippen LogP contribution in [0.2, 0.25) is 0 Å². The number of anilines is 2. The number of thiocarbonyl (C=S) groups is 1. The molecule has 0 amide bonds. The first-order valence-electron chi connectivity index (χ1n) is 11.7. The highest BCUT2D eigenvalue weighted by Crippen LogP contribution is 2.35. The smallest absolute Gasteiger partial charge is 0.381 e.